The normalized spacial score (nSPS) is 12.7. The maximum absolute atomic E-state index is 12.8. The molecule has 0 amide bonds. The third kappa shape index (κ3) is 61.2. The minimum absolute atomic E-state index is 0.0777. The Labute approximate surface area is 470 Å². The summed E-state index contributed by atoms with van der Waals surface area (Å²) in [5.74, 6) is -0.882. The molecule has 0 fully saturated rings. The summed E-state index contributed by atoms with van der Waals surface area (Å²) in [5, 5.41) is 0. The Kier molecular flexibility index (Phi) is 60.8. The summed E-state index contributed by atoms with van der Waals surface area (Å²) in [6.45, 7) is 6.40. The van der Waals surface area contributed by atoms with Crippen molar-refractivity contribution in [2.24, 2.45) is 0 Å². The largest absolute Gasteiger partial charge is 0.462 e. The molecule has 0 saturated carbocycles. The van der Waals surface area contributed by atoms with Crippen LogP contribution in [0.1, 0.15) is 310 Å². The first kappa shape index (κ1) is 72.3. The van der Waals surface area contributed by atoms with Crippen molar-refractivity contribution in [1.82, 2.24) is 0 Å². The fourth-order valence-corrected chi connectivity index (χ4v) is 9.07. The van der Waals surface area contributed by atoms with Gasteiger partial charge in [-0.2, -0.15) is 0 Å². The first-order valence-corrected chi connectivity index (χ1v) is 32.2. The van der Waals surface area contributed by atoms with Crippen molar-refractivity contribution < 1.29 is 28.6 Å². The molecule has 0 aliphatic rings. The lowest BCUT2D eigenvalue weighted by Gasteiger charge is -2.18. The highest BCUT2D eigenvalue weighted by molar-refractivity contribution is 5.71. The van der Waals surface area contributed by atoms with E-state index in [0.29, 0.717) is 19.3 Å². The van der Waals surface area contributed by atoms with Gasteiger partial charge in [0, 0.05) is 19.3 Å². The van der Waals surface area contributed by atoms with E-state index in [1.807, 2.05) is 0 Å². The van der Waals surface area contributed by atoms with Crippen LogP contribution in [0.5, 0.6) is 0 Å². The van der Waals surface area contributed by atoms with E-state index in [0.717, 1.165) is 116 Å². The molecule has 0 spiro atoms. The molecule has 0 heterocycles. The smallest absolute Gasteiger partial charge is 0.306 e. The summed E-state index contributed by atoms with van der Waals surface area (Å²) < 4.78 is 16.8. The first-order chi connectivity index (χ1) is 37.5. The number of rotatable bonds is 58. The number of esters is 3. The van der Waals surface area contributed by atoms with Crippen LogP contribution in [0.2, 0.25) is 0 Å². The molecule has 0 aromatic carbocycles. The van der Waals surface area contributed by atoms with Crippen molar-refractivity contribution in [3.63, 3.8) is 0 Å². The second-order valence-corrected chi connectivity index (χ2v) is 21.3. The SMILES string of the molecule is CC/C=C\C/C=C\C/C=C\C/C=C\C/C=C\CCCCCCCCCCCCCCCCCCCC(=O)OCC(COC(=O)CCCCCCCCCC)OC(=O)CCCCCCCCC/C=C\C/C=C\C/C=C\CC. The van der Waals surface area contributed by atoms with Crippen molar-refractivity contribution in [2.45, 2.75) is 316 Å². The molecule has 0 aromatic rings. The van der Waals surface area contributed by atoms with E-state index in [4.69, 9.17) is 14.2 Å². The Balaban J connectivity index is 4.06. The molecule has 6 heteroatoms. The number of unbranched alkanes of at least 4 members (excludes halogenated alkanes) is 31. The minimum Gasteiger partial charge on any atom is -0.462 e. The Morgan fingerprint density at radius 2 is 0.513 bits per heavy atom. The zero-order chi connectivity index (χ0) is 55.0. The van der Waals surface area contributed by atoms with E-state index in [2.05, 4.69) is 118 Å². The van der Waals surface area contributed by atoms with Gasteiger partial charge in [-0.15, -0.1) is 0 Å². The van der Waals surface area contributed by atoms with Crippen LogP contribution in [-0.4, -0.2) is 37.2 Å². The Bertz CT molecular complexity index is 1490. The lowest BCUT2D eigenvalue weighted by molar-refractivity contribution is -0.167. The number of hydrogen-bond donors (Lipinski definition) is 0. The molecule has 0 bridgehead atoms. The van der Waals surface area contributed by atoms with Crippen molar-refractivity contribution in [3.05, 3.63) is 97.2 Å². The average molecular weight is 1060 g/mol. The van der Waals surface area contributed by atoms with Gasteiger partial charge in [0.05, 0.1) is 0 Å². The second-order valence-electron chi connectivity index (χ2n) is 21.3. The fourth-order valence-electron chi connectivity index (χ4n) is 9.07. The van der Waals surface area contributed by atoms with E-state index in [9.17, 15) is 14.4 Å². The third-order valence-corrected chi connectivity index (χ3v) is 13.8. The Hall–Kier alpha value is -3.67. The molecule has 76 heavy (non-hydrogen) atoms. The zero-order valence-corrected chi connectivity index (χ0v) is 50.0. The van der Waals surface area contributed by atoms with Gasteiger partial charge >= 0.3 is 17.9 Å². The van der Waals surface area contributed by atoms with Crippen LogP contribution in [0.4, 0.5) is 0 Å². The van der Waals surface area contributed by atoms with E-state index in [1.54, 1.807) is 0 Å². The monoisotopic (exact) mass is 1060 g/mol. The number of ether oxygens (including phenoxy) is 3. The van der Waals surface area contributed by atoms with Crippen LogP contribution < -0.4 is 0 Å². The van der Waals surface area contributed by atoms with Crippen LogP contribution in [0.3, 0.4) is 0 Å². The van der Waals surface area contributed by atoms with Crippen LogP contribution in [0, 0.1) is 0 Å². The molecule has 0 saturated heterocycles. The van der Waals surface area contributed by atoms with Crippen LogP contribution >= 0.6 is 0 Å². The van der Waals surface area contributed by atoms with Crippen LogP contribution in [-0.2, 0) is 28.6 Å². The molecule has 0 aromatic heterocycles. The van der Waals surface area contributed by atoms with Gasteiger partial charge in [0.15, 0.2) is 6.10 Å². The van der Waals surface area contributed by atoms with Crippen LogP contribution in [0.15, 0.2) is 97.2 Å². The van der Waals surface area contributed by atoms with Crippen molar-refractivity contribution >= 4 is 17.9 Å². The van der Waals surface area contributed by atoms with E-state index in [-0.39, 0.29) is 31.1 Å². The highest BCUT2D eigenvalue weighted by Gasteiger charge is 2.19. The van der Waals surface area contributed by atoms with Crippen LogP contribution in [0.25, 0.3) is 0 Å². The average Bonchev–Trinajstić information content (AvgIpc) is 3.42. The lowest BCUT2D eigenvalue weighted by atomic mass is 10.0. The van der Waals surface area contributed by atoms with Crippen molar-refractivity contribution in [2.75, 3.05) is 13.2 Å². The van der Waals surface area contributed by atoms with Crippen molar-refractivity contribution in [1.29, 1.82) is 0 Å². The predicted molar refractivity (Wildman–Crippen MR) is 330 cm³/mol. The van der Waals surface area contributed by atoms with Gasteiger partial charge in [0.2, 0.25) is 0 Å². The first-order valence-electron chi connectivity index (χ1n) is 32.2. The predicted octanol–water partition coefficient (Wildman–Crippen LogP) is 22.0. The topological polar surface area (TPSA) is 78.9 Å². The van der Waals surface area contributed by atoms with E-state index < -0.39 is 6.10 Å². The maximum Gasteiger partial charge on any atom is 0.306 e. The lowest BCUT2D eigenvalue weighted by Crippen LogP contribution is -2.30. The van der Waals surface area contributed by atoms with E-state index in [1.165, 1.54) is 154 Å². The zero-order valence-electron chi connectivity index (χ0n) is 50.0. The summed E-state index contributed by atoms with van der Waals surface area (Å²) in [6.07, 6.45) is 85.9. The van der Waals surface area contributed by atoms with Gasteiger partial charge in [-0.05, 0) is 96.3 Å². The second kappa shape index (κ2) is 63.9. The third-order valence-electron chi connectivity index (χ3n) is 13.8. The molecule has 6 nitrogen and oxygen atoms in total. The molecule has 1 unspecified atom stereocenters. The minimum atomic E-state index is -0.779. The summed E-state index contributed by atoms with van der Waals surface area (Å²) in [6, 6.07) is 0. The van der Waals surface area contributed by atoms with Gasteiger partial charge in [-0.3, -0.25) is 14.4 Å². The molecule has 0 N–H and O–H groups in total. The van der Waals surface area contributed by atoms with Gasteiger partial charge in [-0.25, -0.2) is 0 Å². The number of hydrogen-bond acceptors (Lipinski definition) is 6. The molecular formula is C70H120O6. The van der Waals surface area contributed by atoms with Gasteiger partial charge in [-0.1, -0.05) is 291 Å². The Morgan fingerprint density at radius 1 is 0.276 bits per heavy atom. The quantitative estimate of drug-likeness (QED) is 0.0261. The fraction of sp³-hybridized carbons (Fsp3) is 0.729. The molecule has 0 aliphatic carbocycles. The number of allylic oxidation sites excluding steroid dienone is 16. The highest BCUT2D eigenvalue weighted by atomic mass is 16.6. The van der Waals surface area contributed by atoms with Gasteiger partial charge in [0.25, 0.3) is 0 Å². The molecular weight excluding hydrogens is 937 g/mol. The van der Waals surface area contributed by atoms with Crippen molar-refractivity contribution in [3.8, 4) is 0 Å². The van der Waals surface area contributed by atoms with E-state index >= 15 is 0 Å². The van der Waals surface area contributed by atoms with Gasteiger partial charge < -0.3 is 14.2 Å². The summed E-state index contributed by atoms with van der Waals surface area (Å²) in [7, 11) is 0. The summed E-state index contributed by atoms with van der Waals surface area (Å²) in [5.41, 5.74) is 0. The number of carbonyl (C=O) groups is 3. The molecule has 0 rings (SSSR count). The standard InChI is InChI=1S/C70H120O6/c1-4-7-10-13-16-19-21-23-25-27-28-29-30-31-32-33-34-35-36-37-38-39-40-41-42-44-45-47-49-51-54-57-60-63-69(72)75-66-67(65-74-68(71)62-59-56-53-18-15-12-9-6-3)76-70(73)64-61-58-55-52-50-48-46-43-26-24-22-20-17-14-11-8-5-2/h7-8,10-11,16-17,19-20,23-26,28-29,31-32,67H,4-6,9,12-15,18,21-22,27,30,33-66H2,1-3H3/b10-7-,11-8-,19-16-,20-17-,25-23-,26-24-,29-28-,32-31-. The summed E-state index contributed by atoms with van der Waals surface area (Å²) in [4.78, 5) is 38.1. The summed E-state index contributed by atoms with van der Waals surface area (Å²) >= 11 is 0. The maximum atomic E-state index is 12.8. The molecule has 436 valence electrons. The highest BCUT2D eigenvalue weighted by Crippen LogP contribution is 2.17. The molecule has 0 radical (unpaired) electrons. The Morgan fingerprint density at radius 3 is 0.803 bits per heavy atom. The van der Waals surface area contributed by atoms with Gasteiger partial charge in [0.1, 0.15) is 13.2 Å². The molecule has 1 atom stereocenters. The molecule has 0 aliphatic heterocycles. The number of carbonyl (C=O) groups excluding carboxylic acids is 3.